The molecule has 0 aromatic heterocycles. The molecule has 2 heterocycles. The Balaban J connectivity index is 1.41. The van der Waals surface area contributed by atoms with Gasteiger partial charge in [0.1, 0.15) is 6.10 Å². The maximum atomic E-state index is 11.6. The van der Waals surface area contributed by atoms with E-state index in [0.29, 0.717) is 0 Å². The number of ether oxygens (including phenoxy) is 2. The van der Waals surface area contributed by atoms with Gasteiger partial charge in [-0.2, -0.15) is 0 Å². The van der Waals surface area contributed by atoms with Crippen molar-refractivity contribution in [3.05, 3.63) is 0 Å². The number of alkyl carbamates (subject to hydrolysis) is 1. The fourth-order valence-electron chi connectivity index (χ4n) is 3.62. The minimum atomic E-state index is -0.583. The van der Waals surface area contributed by atoms with E-state index >= 15 is 0 Å². The first-order valence-electron chi connectivity index (χ1n) is 9.90. The lowest BCUT2D eigenvalue weighted by atomic mass is 10.0. The molecule has 2 rings (SSSR count). The SMILES string of the molecule is CCCCCCCCCCCCCC[C@@H]1OC(=O)[C@@H]2NC(=O)O[C@H]12. The van der Waals surface area contributed by atoms with Gasteiger partial charge in [0, 0.05) is 0 Å². The molecule has 0 bridgehead atoms. The van der Waals surface area contributed by atoms with E-state index in [1.165, 1.54) is 64.2 Å². The molecule has 5 heteroatoms. The molecule has 24 heavy (non-hydrogen) atoms. The highest BCUT2D eigenvalue weighted by atomic mass is 16.6. The fourth-order valence-corrected chi connectivity index (χ4v) is 3.62. The summed E-state index contributed by atoms with van der Waals surface area (Å²) < 4.78 is 10.4. The van der Waals surface area contributed by atoms with Crippen molar-refractivity contribution in [2.45, 2.75) is 109 Å². The Labute approximate surface area is 145 Å². The lowest BCUT2D eigenvalue weighted by Gasteiger charge is -2.14. The Kier molecular flexibility index (Phi) is 8.40. The normalized spacial score (nSPS) is 25.3. The number of amides is 1. The van der Waals surface area contributed by atoms with Crippen molar-refractivity contribution in [3.8, 4) is 0 Å². The van der Waals surface area contributed by atoms with Crippen molar-refractivity contribution in [1.29, 1.82) is 0 Å². The number of cyclic esters (lactones) is 1. The van der Waals surface area contributed by atoms with E-state index in [9.17, 15) is 9.59 Å². The van der Waals surface area contributed by atoms with Gasteiger partial charge in [-0.3, -0.25) is 0 Å². The first-order chi connectivity index (χ1) is 11.7. The number of carbonyl (C=O) groups is 2. The van der Waals surface area contributed by atoms with E-state index in [-0.39, 0.29) is 12.1 Å². The van der Waals surface area contributed by atoms with Gasteiger partial charge in [0.05, 0.1) is 0 Å². The van der Waals surface area contributed by atoms with Crippen LogP contribution in [0.25, 0.3) is 0 Å². The summed E-state index contributed by atoms with van der Waals surface area (Å²) in [6, 6.07) is -0.583. The number of fused-ring (bicyclic) bond motifs is 1. The summed E-state index contributed by atoms with van der Waals surface area (Å²) in [4.78, 5) is 22.8. The number of nitrogens with one attached hydrogen (secondary N) is 1. The van der Waals surface area contributed by atoms with Gasteiger partial charge in [0.15, 0.2) is 12.1 Å². The Morgan fingerprint density at radius 3 is 1.92 bits per heavy atom. The lowest BCUT2D eigenvalue weighted by molar-refractivity contribution is -0.143. The maximum Gasteiger partial charge on any atom is 0.408 e. The van der Waals surface area contributed by atoms with Crippen LogP contribution < -0.4 is 5.32 Å². The predicted molar refractivity (Wildman–Crippen MR) is 92.8 cm³/mol. The van der Waals surface area contributed by atoms with E-state index in [2.05, 4.69) is 12.2 Å². The monoisotopic (exact) mass is 339 g/mol. The molecule has 5 nitrogen and oxygen atoms in total. The molecule has 0 radical (unpaired) electrons. The smallest absolute Gasteiger partial charge is 0.408 e. The molecule has 2 saturated heterocycles. The Bertz CT molecular complexity index is 399. The van der Waals surface area contributed by atoms with Gasteiger partial charge < -0.3 is 14.8 Å². The molecular formula is C19H33NO4. The summed E-state index contributed by atoms with van der Waals surface area (Å²) >= 11 is 0. The van der Waals surface area contributed by atoms with Crippen LogP contribution in [0.15, 0.2) is 0 Å². The van der Waals surface area contributed by atoms with Crippen molar-refractivity contribution < 1.29 is 19.1 Å². The van der Waals surface area contributed by atoms with Crippen molar-refractivity contribution in [3.63, 3.8) is 0 Å². The molecule has 1 N–H and O–H groups in total. The largest absolute Gasteiger partial charge is 0.457 e. The minimum absolute atomic E-state index is 0.260. The molecular weight excluding hydrogens is 306 g/mol. The van der Waals surface area contributed by atoms with Crippen LogP contribution >= 0.6 is 0 Å². The third-order valence-corrected chi connectivity index (χ3v) is 5.08. The zero-order valence-corrected chi connectivity index (χ0v) is 15.1. The third kappa shape index (κ3) is 5.99. The van der Waals surface area contributed by atoms with Crippen molar-refractivity contribution in [1.82, 2.24) is 5.32 Å². The van der Waals surface area contributed by atoms with Gasteiger partial charge in [0.2, 0.25) is 0 Å². The van der Waals surface area contributed by atoms with Gasteiger partial charge in [-0.1, -0.05) is 77.6 Å². The van der Waals surface area contributed by atoms with Crippen LogP contribution in [0, 0.1) is 0 Å². The molecule has 0 aliphatic carbocycles. The van der Waals surface area contributed by atoms with Gasteiger partial charge in [-0.05, 0) is 12.8 Å². The molecule has 0 unspecified atom stereocenters. The quantitative estimate of drug-likeness (QED) is 0.397. The van der Waals surface area contributed by atoms with E-state index in [4.69, 9.17) is 9.47 Å². The molecule has 0 spiro atoms. The average molecular weight is 339 g/mol. The summed E-state index contributed by atoms with van der Waals surface area (Å²) in [5, 5.41) is 2.51. The van der Waals surface area contributed by atoms with Crippen LogP contribution in [0.5, 0.6) is 0 Å². The molecule has 2 aliphatic rings. The zero-order valence-electron chi connectivity index (χ0n) is 15.1. The summed E-state index contributed by atoms with van der Waals surface area (Å²) in [5.41, 5.74) is 0. The highest BCUT2D eigenvalue weighted by Crippen LogP contribution is 2.27. The standard InChI is InChI=1S/C19H33NO4/c1-2-3-4-5-6-7-8-9-10-11-12-13-14-15-17-16(18(21)23-15)20-19(22)24-17/h15-17H,2-14H2,1H3,(H,20,22)/t15-,16+,17+/m0/s1. The fraction of sp³-hybridized carbons (Fsp3) is 0.895. The molecule has 2 fully saturated rings. The van der Waals surface area contributed by atoms with Crippen LogP contribution in [-0.4, -0.2) is 30.3 Å². The number of rotatable bonds is 13. The van der Waals surface area contributed by atoms with Gasteiger partial charge in [0.25, 0.3) is 0 Å². The second-order valence-corrected chi connectivity index (χ2v) is 7.15. The van der Waals surface area contributed by atoms with Crippen molar-refractivity contribution in [2.24, 2.45) is 0 Å². The molecule has 1 amide bonds. The van der Waals surface area contributed by atoms with Gasteiger partial charge in [-0.15, -0.1) is 0 Å². The average Bonchev–Trinajstić information content (AvgIpc) is 3.08. The van der Waals surface area contributed by atoms with E-state index in [0.717, 1.165) is 19.3 Å². The summed E-state index contributed by atoms with van der Waals surface area (Å²) in [7, 11) is 0. The Hall–Kier alpha value is -1.26. The van der Waals surface area contributed by atoms with Crippen LogP contribution in [0.4, 0.5) is 4.79 Å². The van der Waals surface area contributed by atoms with Gasteiger partial charge >= 0.3 is 12.1 Å². The van der Waals surface area contributed by atoms with Crippen molar-refractivity contribution >= 4 is 12.1 Å². The lowest BCUT2D eigenvalue weighted by Crippen LogP contribution is -2.35. The van der Waals surface area contributed by atoms with Crippen LogP contribution in [0.2, 0.25) is 0 Å². The molecule has 0 aromatic rings. The van der Waals surface area contributed by atoms with Crippen LogP contribution in [-0.2, 0) is 14.3 Å². The second-order valence-electron chi connectivity index (χ2n) is 7.15. The summed E-state index contributed by atoms with van der Waals surface area (Å²) in [6.45, 7) is 2.26. The molecule has 138 valence electrons. The number of unbranched alkanes of at least 4 members (excludes halogenated alkanes) is 11. The topological polar surface area (TPSA) is 64.6 Å². The molecule has 3 atom stereocenters. The molecule has 0 saturated carbocycles. The zero-order chi connectivity index (χ0) is 17.2. The maximum absolute atomic E-state index is 11.6. The van der Waals surface area contributed by atoms with Gasteiger partial charge in [-0.25, -0.2) is 9.59 Å². The highest BCUT2D eigenvalue weighted by Gasteiger charge is 2.52. The van der Waals surface area contributed by atoms with E-state index in [1.807, 2.05) is 0 Å². The Morgan fingerprint density at radius 1 is 0.792 bits per heavy atom. The highest BCUT2D eigenvalue weighted by molar-refractivity contribution is 5.87. The summed E-state index contributed by atoms with van der Waals surface area (Å²) in [5.74, 6) is -0.352. The van der Waals surface area contributed by atoms with Crippen LogP contribution in [0.3, 0.4) is 0 Å². The molecule has 0 aromatic carbocycles. The van der Waals surface area contributed by atoms with E-state index < -0.39 is 18.2 Å². The minimum Gasteiger partial charge on any atom is -0.457 e. The number of carbonyl (C=O) groups excluding carboxylic acids is 2. The predicted octanol–water partition coefficient (Wildman–Crippen LogP) is 4.48. The molecule has 2 aliphatic heterocycles. The summed E-state index contributed by atoms with van der Waals surface area (Å²) in [6.07, 6.45) is 15.3. The van der Waals surface area contributed by atoms with Crippen LogP contribution in [0.1, 0.15) is 90.4 Å². The second kappa shape index (κ2) is 10.6. The number of esters is 1. The Morgan fingerprint density at radius 2 is 1.33 bits per heavy atom. The first kappa shape index (κ1) is 19.1. The van der Waals surface area contributed by atoms with E-state index in [1.54, 1.807) is 0 Å². The number of hydrogen-bond donors (Lipinski definition) is 1. The first-order valence-corrected chi connectivity index (χ1v) is 9.90. The van der Waals surface area contributed by atoms with Crippen molar-refractivity contribution in [2.75, 3.05) is 0 Å². The third-order valence-electron chi connectivity index (χ3n) is 5.08. The number of hydrogen-bond acceptors (Lipinski definition) is 4.